The van der Waals surface area contributed by atoms with Gasteiger partial charge in [0.25, 0.3) is 0 Å². The highest BCUT2D eigenvalue weighted by Gasteiger charge is 2.61. The van der Waals surface area contributed by atoms with E-state index in [0.717, 1.165) is 0 Å². The number of rotatable bonds is 5. The lowest BCUT2D eigenvalue weighted by Crippen LogP contribution is -2.20. The van der Waals surface area contributed by atoms with Crippen LogP contribution in [0, 0.1) is 16.7 Å². The van der Waals surface area contributed by atoms with E-state index in [9.17, 15) is 8.42 Å². The van der Waals surface area contributed by atoms with E-state index in [4.69, 9.17) is 10.00 Å². The van der Waals surface area contributed by atoms with Gasteiger partial charge >= 0.3 is 0 Å². The summed E-state index contributed by atoms with van der Waals surface area (Å²) in [6.07, 6.45) is 0.430. The summed E-state index contributed by atoms with van der Waals surface area (Å²) in [5, 5.41) is 8.41. The van der Waals surface area contributed by atoms with Gasteiger partial charge in [0.2, 0.25) is 0 Å². The Morgan fingerprint density at radius 3 is 2.64 bits per heavy atom. The number of hydrogen-bond donors (Lipinski definition) is 0. The first kappa shape index (κ1) is 11.5. The molecule has 1 aliphatic carbocycles. The number of nitriles is 1. The Hall–Kier alpha value is -0.600. The Kier molecular flexibility index (Phi) is 3.17. The van der Waals surface area contributed by atoms with E-state index < -0.39 is 20.5 Å². The van der Waals surface area contributed by atoms with Crippen molar-refractivity contribution < 1.29 is 13.2 Å². The molecular weight excluding hydrogens is 202 g/mol. The van der Waals surface area contributed by atoms with Gasteiger partial charge < -0.3 is 4.74 Å². The van der Waals surface area contributed by atoms with Gasteiger partial charge in [-0.25, -0.2) is 8.42 Å². The summed E-state index contributed by atoms with van der Waals surface area (Å²) in [5.74, 6) is 0.104. The molecule has 1 saturated carbocycles. The van der Waals surface area contributed by atoms with Gasteiger partial charge in [0.05, 0.1) is 23.3 Å². The number of nitrogens with zero attached hydrogens (tertiary/aromatic N) is 1. The summed E-state index contributed by atoms with van der Waals surface area (Å²) >= 11 is 0. The molecule has 0 unspecified atom stereocenters. The third-order valence-electron chi connectivity index (χ3n) is 2.63. The van der Waals surface area contributed by atoms with Gasteiger partial charge in [-0.05, 0) is 13.3 Å². The summed E-state index contributed by atoms with van der Waals surface area (Å²) in [6, 6.07) is 2.07. The smallest absolute Gasteiger partial charge is 0.154 e. The molecule has 0 heterocycles. The minimum atomic E-state index is -3.08. The van der Waals surface area contributed by atoms with Gasteiger partial charge in [-0.3, -0.25) is 0 Å². The van der Waals surface area contributed by atoms with Crippen LogP contribution in [-0.4, -0.2) is 32.6 Å². The third kappa shape index (κ3) is 1.91. The summed E-state index contributed by atoms with van der Waals surface area (Å²) in [5.41, 5.74) is -0.759. The van der Waals surface area contributed by atoms with Crippen molar-refractivity contribution in [2.24, 2.45) is 5.41 Å². The van der Waals surface area contributed by atoms with Gasteiger partial charge in [-0.1, -0.05) is 6.92 Å². The van der Waals surface area contributed by atoms with E-state index >= 15 is 0 Å². The maximum absolute atomic E-state index is 11.5. The van der Waals surface area contributed by atoms with Crippen LogP contribution in [0.2, 0.25) is 0 Å². The molecule has 0 saturated heterocycles. The molecule has 5 heteroatoms. The minimum absolute atomic E-state index is 0.104. The molecule has 0 radical (unpaired) electrons. The van der Waals surface area contributed by atoms with Crippen LogP contribution in [0.4, 0.5) is 0 Å². The standard InChI is InChI=1S/C9H15NO3S/c1-3-13-7-9(6-10)5-8(9)14(11,12)4-2/h8H,3-5,7H2,1-2H3/t8-,9+/m0/s1. The topological polar surface area (TPSA) is 67.2 Å². The molecule has 0 aromatic carbocycles. The second kappa shape index (κ2) is 3.87. The predicted octanol–water partition coefficient (Wildman–Crippen LogP) is 0.740. The van der Waals surface area contributed by atoms with Crippen LogP contribution in [0.3, 0.4) is 0 Å². The number of hydrogen-bond acceptors (Lipinski definition) is 4. The molecule has 0 aromatic rings. The summed E-state index contributed by atoms with van der Waals surface area (Å²) < 4.78 is 28.1. The zero-order chi connectivity index (χ0) is 10.8. The fourth-order valence-electron chi connectivity index (χ4n) is 1.53. The van der Waals surface area contributed by atoms with E-state index in [0.29, 0.717) is 13.0 Å². The Bertz CT molecular complexity index is 344. The Morgan fingerprint density at radius 1 is 1.57 bits per heavy atom. The Labute approximate surface area is 84.8 Å². The average molecular weight is 217 g/mol. The highest BCUT2D eigenvalue weighted by Crippen LogP contribution is 2.50. The van der Waals surface area contributed by atoms with Crippen molar-refractivity contribution in [1.29, 1.82) is 5.26 Å². The van der Waals surface area contributed by atoms with Gasteiger partial charge in [0.1, 0.15) is 0 Å². The largest absolute Gasteiger partial charge is 0.380 e. The van der Waals surface area contributed by atoms with Gasteiger partial charge in [-0.15, -0.1) is 0 Å². The quantitative estimate of drug-likeness (QED) is 0.681. The van der Waals surface area contributed by atoms with Crippen molar-refractivity contribution in [2.75, 3.05) is 19.0 Å². The van der Waals surface area contributed by atoms with Gasteiger partial charge in [0.15, 0.2) is 9.84 Å². The lowest BCUT2D eigenvalue weighted by molar-refractivity contribution is 0.119. The predicted molar refractivity (Wildman–Crippen MR) is 52.4 cm³/mol. The summed E-state index contributed by atoms with van der Waals surface area (Å²) in [7, 11) is -3.08. The molecular formula is C9H15NO3S. The highest BCUT2D eigenvalue weighted by atomic mass is 32.2. The molecule has 0 bridgehead atoms. The number of ether oxygens (including phenoxy) is 1. The molecule has 14 heavy (non-hydrogen) atoms. The van der Waals surface area contributed by atoms with E-state index in [1.54, 1.807) is 6.92 Å². The first-order valence-electron chi connectivity index (χ1n) is 4.73. The molecule has 2 atom stereocenters. The molecule has 4 nitrogen and oxygen atoms in total. The van der Waals surface area contributed by atoms with Crippen molar-refractivity contribution in [2.45, 2.75) is 25.5 Å². The molecule has 1 aliphatic rings. The van der Waals surface area contributed by atoms with Crippen molar-refractivity contribution in [3.05, 3.63) is 0 Å². The van der Waals surface area contributed by atoms with Crippen molar-refractivity contribution in [3.63, 3.8) is 0 Å². The van der Waals surface area contributed by atoms with E-state index in [2.05, 4.69) is 6.07 Å². The van der Waals surface area contributed by atoms with E-state index in [1.165, 1.54) is 0 Å². The molecule has 80 valence electrons. The van der Waals surface area contributed by atoms with Crippen LogP contribution in [0.15, 0.2) is 0 Å². The second-order valence-corrected chi connectivity index (χ2v) is 6.02. The molecule has 0 N–H and O–H groups in total. The molecule has 1 rings (SSSR count). The highest BCUT2D eigenvalue weighted by molar-refractivity contribution is 7.92. The fraction of sp³-hybridized carbons (Fsp3) is 0.889. The fourth-order valence-corrected chi connectivity index (χ4v) is 3.29. The first-order valence-corrected chi connectivity index (χ1v) is 6.44. The molecule has 1 fully saturated rings. The Balaban J connectivity index is 2.69. The van der Waals surface area contributed by atoms with Crippen LogP contribution in [-0.2, 0) is 14.6 Å². The van der Waals surface area contributed by atoms with Crippen LogP contribution >= 0.6 is 0 Å². The van der Waals surface area contributed by atoms with Gasteiger partial charge in [-0.2, -0.15) is 5.26 Å². The van der Waals surface area contributed by atoms with Crippen molar-refractivity contribution in [3.8, 4) is 6.07 Å². The third-order valence-corrected chi connectivity index (χ3v) is 4.92. The molecule has 0 amide bonds. The van der Waals surface area contributed by atoms with Crippen LogP contribution in [0.1, 0.15) is 20.3 Å². The molecule has 0 spiro atoms. The van der Waals surface area contributed by atoms with Gasteiger partial charge in [0, 0.05) is 12.4 Å². The number of sulfone groups is 1. The second-order valence-electron chi connectivity index (χ2n) is 3.55. The van der Waals surface area contributed by atoms with E-state index in [1.807, 2.05) is 6.92 Å². The Morgan fingerprint density at radius 2 is 2.21 bits per heavy atom. The molecule has 0 aromatic heterocycles. The lowest BCUT2D eigenvalue weighted by atomic mass is 10.1. The molecule has 0 aliphatic heterocycles. The lowest BCUT2D eigenvalue weighted by Gasteiger charge is -2.07. The summed E-state index contributed by atoms with van der Waals surface area (Å²) in [6.45, 7) is 4.19. The minimum Gasteiger partial charge on any atom is -0.380 e. The normalized spacial score (nSPS) is 31.1. The van der Waals surface area contributed by atoms with Crippen LogP contribution < -0.4 is 0 Å². The zero-order valence-corrected chi connectivity index (χ0v) is 9.30. The maximum atomic E-state index is 11.5. The van der Waals surface area contributed by atoms with Crippen molar-refractivity contribution >= 4 is 9.84 Å². The van der Waals surface area contributed by atoms with E-state index in [-0.39, 0.29) is 12.4 Å². The first-order chi connectivity index (χ1) is 6.52. The zero-order valence-electron chi connectivity index (χ0n) is 8.49. The average Bonchev–Trinajstić information content (AvgIpc) is 2.91. The van der Waals surface area contributed by atoms with Crippen LogP contribution in [0.25, 0.3) is 0 Å². The SMILES string of the molecule is CCOC[C@]1(C#N)C[C@@H]1S(=O)(=O)CC. The van der Waals surface area contributed by atoms with Crippen LogP contribution in [0.5, 0.6) is 0 Å². The maximum Gasteiger partial charge on any atom is 0.154 e. The van der Waals surface area contributed by atoms with Crippen molar-refractivity contribution in [1.82, 2.24) is 0 Å². The monoisotopic (exact) mass is 217 g/mol. The summed E-state index contributed by atoms with van der Waals surface area (Å²) in [4.78, 5) is 0.